The molecule has 3 atom stereocenters. The monoisotopic (exact) mass is 477 g/mol. The van der Waals surface area contributed by atoms with Crippen molar-refractivity contribution in [1.29, 1.82) is 0 Å². The van der Waals surface area contributed by atoms with E-state index >= 15 is 0 Å². The van der Waals surface area contributed by atoms with Crippen molar-refractivity contribution < 1.29 is 31.1 Å². The van der Waals surface area contributed by atoms with Crippen molar-refractivity contribution in [1.82, 2.24) is 9.21 Å². The number of rotatable bonds is 4. The van der Waals surface area contributed by atoms with E-state index in [0.29, 0.717) is 0 Å². The molecular weight excluding hydrogens is 446 g/mol. The van der Waals surface area contributed by atoms with E-state index < -0.39 is 32.2 Å². The molecule has 0 aromatic heterocycles. The Morgan fingerprint density at radius 2 is 1.77 bits per heavy atom. The van der Waals surface area contributed by atoms with Crippen LogP contribution in [0.15, 0.2) is 18.2 Å². The van der Waals surface area contributed by atoms with Crippen LogP contribution < -0.4 is 9.46 Å². The van der Waals surface area contributed by atoms with Crippen molar-refractivity contribution in [3.8, 4) is 5.75 Å². The molecule has 0 saturated carbocycles. The summed E-state index contributed by atoms with van der Waals surface area (Å²) >= 11 is 0. The first kappa shape index (κ1) is 25.4. The second kappa shape index (κ2) is 9.72. The molecule has 0 aliphatic carbocycles. The zero-order valence-corrected chi connectivity index (χ0v) is 20.3. The van der Waals surface area contributed by atoms with Gasteiger partial charge in [-0.3, -0.25) is 9.52 Å². The molecule has 1 amide bonds. The molecule has 1 aliphatic heterocycles. The normalized spacial score (nSPS) is 24.5. The number of hydrogen-bond donors (Lipinski definition) is 1. The summed E-state index contributed by atoms with van der Waals surface area (Å²) in [7, 11) is -3.93. The second-order valence-electron chi connectivity index (χ2n) is 8.01. The zero-order valence-electron chi connectivity index (χ0n) is 18.7. The topological polar surface area (TPSA) is 122 Å². The Hall–Kier alpha value is -1.89. The van der Waals surface area contributed by atoms with Crippen LogP contribution >= 0.6 is 0 Å². The molecule has 12 heteroatoms. The molecule has 1 aromatic carbocycles. The van der Waals surface area contributed by atoms with Crippen molar-refractivity contribution in [3.63, 3.8) is 0 Å². The van der Waals surface area contributed by atoms with Crippen LogP contribution in [0.5, 0.6) is 5.75 Å². The highest BCUT2D eigenvalue weighted by molar-refractivity contribution is 7.92. The van der Waals surface area contributed by atoms with Gasteiger partial charge in [0, 0.05) is 32.9 Å². The summed E-state index contributed by atoms with van der Waals surface area (Å²) in [5.41, 5.74) is 0.387. The first-order valence-corrected chi connectivity index (χ1v) is 13.5. The van der Waals surface area contributed by atoms with E-state index in [9.17, 15) is 21.6 Å². The fourth-order valence-electron chi connectivity index (χ4n) is 3.48. The Labute approximate surface area is 184 Å². The van der Waals surface area contributed by atoms with Crippen molar-refractivity contribution in [2.45, 2.75) is 26.0 Å². The average molecular weight is 478 g/mol. The predicted octanol–water partition coefficient (Wildman–Crippen LogP) is 0.824. The zero-order chi connectivity index (χ0) is 23.6. The van der Waals surface area contributed by atoms with Crippen LogP contribution in [0.4, 0.5) is 5.69 Å². The fourth-order valence-corrected chi connectivity index (χ4v) is 5.26. The van der Waals surface area contributed by atoms with Crippen molar-refractivity contribution >= 4 is 31.6 Å². The van der Waals surface area contributed by atoms with Crippen LogP contribution in [0.3, 0.4) is 0 Å². The van der Waals surface area contributed by atoms with Gasteiger partial charge in [0.2, 0.25) is 20.0 Å². The number of hydrogen-bond acceptors (Lipinski definition) is 7. The van der Waals surface area contributed by atoms with Gasteiger partial charge in [0.15, 0.2) is 0 Å². The number of likely N-dealkylation sites (N-methyl/N-ethyl adjacent to an activating group) is 1. The van der Waals surface area contributed by atoms with Crippen LogP contribution in [0.2, 0.25) is 0 Å². The van der Waals surface area contributed by atoms with Gasteiger partial charge in [0.25, 0.3) is 5.91 Å². The molecule has 31 heavy (non-hydrogen) atoms. The summed E-state index contributed by atoms with van der Waals surface area (Å²) in [6.45, 7) is 4.04. The molecule has 2 rings (SSSR count). The van der Waals surface area contributed by atoms with E-state index in [-0.39, 0.29) is 48.5 Å². The molecular formula is C19H31N3O7S2. The summed E-state index contributed by atoms with van der Waals surface area (Å²) in [6, 6.07) is 3.89. The maximum absolute atomic E-state index is 13.2. The SMILES string of the molecule is CO[C@H]1CN(C)C(=O)c2cc(NS(C)(=O)=O)ccc2OC[C@H](C)N(S(C)(=O)=O)C[C@H]1C. The van der Waals surface area contributed by atoms with Gasteiger partial charge < -0.3 is 14.4 Å². The smallest absolute Gasteiger partial charge is 0.257 e. The van der Waals surface area contributed by atoms with E-state index in [4.69, 9.17) is 9.47 Å². The van der Waals surface area contributed by atoms with Crippen LogP contribution in [0.1, 0.15) is 24.2 Å². The molecule has 0 unspecified atom stereocenters. The maximum atomic E-state index is 13.2. The molecule has 0 fully saturated rings. The fraction of sp³-hybridized carbons (Fsp3) is 0.632. The highest BCUT2D eigenvalue weighted by Gasteiger charge is 2.32. The summed E-state index contributed by atoms with van der Waals surface area (Å²) in [4.78, 5) is 14.6. The predicted molar refractivity (Wildman–Crippen MR) is 118 cm³/mol. The van der Waals surface area contributed by atoms with Crippen LogP contribution in [-0.4, -0.2) is 90.5 Å². The third-order valence-electron chi connectivity index (χ3n) is 5.12. The molecule has 1 aromatic rings. The number of carbonyl (C=O) groups excluding carboxylic acids is 1. The van der Waals surface area contributed by atoms with Crippen LogP contribution in [-0.2, 0) is 24.8 Å². The Balaban J connectivity index is 2.52. The van der Waals surface area contributed by atoms with Crippen molar-refractivity contribution in [2.75, 3.05) is 51.1 Å². The third-order valence-corrected chi connectivity index (χ3v) is 7.08. The van der Waals surface area contributed by atoms with Gasteiger partial charge in [-0.25, -0.2) is 16.8 Å². The van der Waals surface area contributed by atoms with E-state index in [1.54, 1.807) is 14.0 Å². The third kappa shape index (κ3) is 6.79. The van der Waals surface area contributed by atoms with Gasteiger partial charge >= 0.3 is 0 Å². The van der Waals surface area contributed by atoms with Gasteiger partial charge in [-0.05, 0) is 31.0 Å². The molecule has 0 radical (unpaired) electrons. The lowest BCUT2D eigenvalue weighted by molar-refractivity contribution is 0.0213. The summed E-state index contributed by atoms with van der Waals surface area (Å²) in [5, 5.41) is 0. The number of anilines is 1. The van der Waals surface area contributed by atoms with Gasteiger partial charge in [0.05, 0.1) is 30.2 Å². The minimum Gasteiger partial charge on any atom is -0.491 e. The number of ether oxygens (including phenoxy) is 2. The molecule has 1 heterocycles. The van der Waals surface area contributed by atoms with E-state index in [1.165, 1.54) is 34.5 Å². The van der Waals surface area contributed by atoms with Crippen LogP contribution in [0, 0.1) is 5.92 Å². The number of amides is 1. The van der Waals surface area contributed by atoms with Crippen LogP contribution in [0.25, 0.3) is 0 Å². The summed E-state index contributed by atoms with van der Waals surface area (Å²) in [5.74, 6) is -0.331. The van der Waals surface area contributed by atoms with Crippen molar-refractivity contribution in [3.05, 3.63) is 23.8 Å². The standard InChI is InChI=1S/C19H31N3O7S2/c1-13-10-22(31(6,26)27)14(2)12-29-17-8-7-15(20-30(5,24)25)9-16(17)19(23)21(3)11-18(13)28-4/h7-9,13-14,18,20H,10-12H2,1-6H3/t13-,14+,18+/m1/s1. The van der Waals surface area contributed by atoms with Gasteiger partial charge in [-0.1, -0.05) is 6.92 Å². The number of sulfonamides is 2. The number of fused-ring (bicyclic) bond motifs is 1. The number of nitrogens with zero attached hydrogens (tertiary/aromatic N) is 2. The molecule has 0 bridgehead atoms. The minimum atomic E-state index is -3.54. The number of nitrogens with one attached hydrogen (secondary N) is 1. The first-order chi connectivity index (χ1) is 14.2. The highest BCUT2D eigenvalue weighted by Crippen LogP contribution is 2.27. The number of carbonyl (C=O) groups is 1. The molecule has 176 valence electrons. The Kier molecular flexibility index (Phi) is 7.95. The van der Waals surface area contributed by atoms with E-state index in [0.717, 1.165) is 12.5 Å². The summed E-state index contributed by atoms with van der Waals surface area (Å²) in [6.07, 6.45) is 1.76. The molecule has 0 spiro atoms. The van der Waals surface area contributed by atoms with Gasteiger partial charge in [-0.15, -0.1) is 0 Å². The van der Waals surface area contributed by atoms with E-state index in [1.807, 2.05) is 6.92 Å². The van der Waals surface area contributed by atoms with Gasteiger partial charge in [-0.2, -0.15) is 4.31 Å². The summed E-state index contributed by atoms with van der Waals surface area (Å²) < 4.78 is 63.1. The molecule has 0 saturated heterocycles. The Bertz CT molecular complexity index is 1010. The lowest BCUT2D eigenvalue weighted by atomic mass is 10.0. The molecule has 1 aliphatic rings. The lowest BCUT2D eigenvalue weighted by Gasteiger charge is -2.34. The largest absolute Gasteiger partial charge is 0.491 e. The Morgan fingerprint density at radius 3 is 2.32 bits per heavy atom. The number of benzene rings is 1. The Morgan fingerprint density at radius 1 is 1.13 bits per heavy atom. The first-order valence-electron chi connectivity index (χ1n) is 9.72. The number of methoxy groups -OCH3 is 1. The highest BCUT2D eigenvalue weighted by atomic mass is 32.2. The lowest BCUT2D eigenvalue weighted by Crippen LogP contribution is -2.48. The van der Waals surface area contributed by atoms with E-state index in [2.05, 4.69) is 4.72 Å². The quantitative estimate of drug-likeness (QED) is 0.681. The molecule has 1 N–H and O–H groups in total. The minimum absolute atomic E-state index is 0.0142. The maximum Gasteiger partial charge on any atom is 0.257 e. The van der Waals surface area contributed by atoms with Gasteiger partial charge in [0.1, 0.15) is 12.4 Å². The van der Waals surface area contributed by atoms with Crippen molar-refractivity contribution in [2.24, 2.45) is 5.92 Å². The molecule has 10 nitrogen and oxygen atoms in total. The second-order valence-corrected chi connectivity index (χ2v) is 11.7. The average Bonchev–Trinajstić information content (AvgIpc) is 2.65.